The highest BCUT2D eigenvalue weighted by atomic mass is 35.5. The Morgan fingerprint density at radius 1 is 0.935 bits per heavy atom. The maximum absolute atomic E-state index is 13.0. The van der Waals surface area contributed by atoms with Crippen LogP contribution in [0.2, 0.25) is 15.1 Å². The number of fused-ring (bicyclic) bond motifs is 1. The number of anilines is 1. The Balaban J connectivity index is 1.65. The quantitative estimate of drug-likeness (QED) is 0.396. The molecule has 3 aromatic rings. The summed E-state index contributed by atoms with van der Waals surface area (Å²) in [6.07, 6.45) is 1.73. The number of rotatable bonds is 4. The largest absolute Gasteiger partial charge is 0.320 e. The standard InChI is InChI=1S/C22H14Cl3NO3S2/c23-14-6-4-13(5-7-14)10-21-22(27)26-19-9-8-15(11-20(19)30-21)31(28,29)12-16-17(24)2-1-3-18(16)25/h1-11H,12H2,(H,26,27)/b21-10-. The summed E-state index contributed by atoms with van der Waals surface area (Å²) in [4.78, 5) is 13.6. The van der Waals surface area contributed by atoms with E-state index < -0.39 is 9.84 Å². The van der Waals surface area contributed by atoms with Crippen LogP contribution in [0.1, 0.15) is 11.1 Å². The van der Waals surface area contributed by atoms with Gasteiger partial charge in [-0.2, -0.15) is 0 Å². The van der Waals surface area contributed by atoms with Crippen LogP contribution in [0.4, 0.5) is 5.69 Å². The summed E-state index contributed by atoms with van der Waals surface area (Å²) in [5, 5.41) is 3.99. The van der Waals surface area contributed by atoms with Crippen LogP contribution in [0.15, 0.2) is 75.4 Å². The van der Waals surface area contributed by atoms with Crippen molar-refractivity contribution in [1.82, 2.24) is 0 Å². The van der Waals surface area contributed by atoms with Crippen molar-refractivity contribution in [2.24, 2.45) is 0 Å². The third-order valence-electron chi connectivity index (χ3n) is 4.57. The molecule has 0 aromatic heterocycles. The zero-order valence-electron chi connectivity index (χ0n) is 15.7. The van der Waals surface area contributed by atoms with E-state index in [9.17, 15) is 13.2 Å². The van der Waals surface area contributed by atoms with Crippen LogP contribution in [0.25, 0.3) is 6.08 Å². The van der Waals surface area contributed by atoms with Crippen LogP contribution < -0.4 is 5.32 Å². The van der Waals surface area contributed by atoms with Crippen LogP contribution in [0.3, 0.4) is 0 Å². The maximum Gasteiger partial charge on any atom is 0.262 e. The van der Waals surface area contributed by atoms with Crippen molar-refractivity contribution in [2.75, 3.05) is 5.32 Å². The van der Waals surface area contributed by atoms with Gasteiger partial charge in [-0.1, -0.05) is 64.8 Å². The van der Waals surface area contributed by atoms with E-state index in [1.54, 1.807) is 60.7 Å². The molecule has 0 atom stereocenters. The van der Waals surface area contributed by atoms with E-state index in [-0.39, 0.29) is 16.6 Å². The first-order chi connectivity index (χ1) is 14.7. The summed E-state index contributed by atoms with van der Waals surface area (Å²) in [5.74, 6) is -0.583. The number of hydrogen-bond acceptors (Lipinski definition) is 4. The molecule has 0 bridgehead atoms. The van der Waals surface area contributed by atoms with Gasteiger partial charge in [-0.3, -0.25) is 4.79 Å². The fourth-order valence-electron chi connectivity index (χ4n) is 2.98. The Labute approximate surface area is 199 Å². The molecule has 1 aliphatic rings. The van der Waals surface area contributed by atoms with Crippen LogP contribution >= 0.6 is 46.6 Å². The molecular weight excluding hydrogens is 497 g/mol. The van der Waals surface area contributed by atoms with Gasteiger partial charge in [-0.25, -0.2) is 8.42 Å². The first-order valence-corrected chi connectivity index (χ1v) is 12.6. The first-order valence-electron chi connectivity index (χ1n) is 8.99. The number of benzene rings is 3. The average molecular weight is 511 g/mol. The Hall–Kier alpha value is -1.96. The predicted octanol–water partition coefficient (Wildman–Crippen LogP) is 6.71. The van der Waals surface area contributed by atoms with Gasteiger partial charge < -0.3 is 5.32 Å². The highest BCUT2D eigenvalue weighted by molar-refractivity contribution is 8.04. The molecular formula is C22H14Cl3NO3S2. The molecule has 3 aromatic carbocycles. The Morgan fingerprint density at radius 3 is 2.29 bits per heavy atom. The number of sulfone groups is 1. The van der Waals surface area contributed by atoms with Gasteiger partial charge in [0.25, 0.3) is 5.91 Å². The van der Waals surface area contributed by atoms with Crippen molar-refractivity contribution in [2.45, 2.75) is 15.5 Å². The number of carbonyl (C=O) groups is 1. The molecule has 0 spiro atoms. The van der Waals surface area contributed by atoms with E-state index in [4.69, 9.17) is 34.8 Å². The van der Waals surface area contributed by atoms with E-state index in [1.807, 2.05) is 0 Å². The number of amides is 1. The smallest absolute Gasteiger partial charge is 0.262 e. The first kappa shape index (κ1) is 22.2. The second kappa shape index (κ2) is 8.88. The molecule has 1 N–H and O–H groups in total. The molecule has 158 valence electrons. The lowest BCUT2D eigenvalue weighted by Crippen LogP contribution is -2.17. The van der Waals surface area contributed by atoms with Gasteiger partial charge in [0.15, 0.2) is 9.84 Å². The van der Waals surface area contributed by atoms with Gasteiger partial charge in [0.1, 0.15) is 0 Å². The molecule has 9 heteroatoms. The normalized spacial score (nSPS) is 14.9. The molecule has 31 heavy (non-hydrogen) atoms. The van der Waals surface area contributed by atoms with Crippen LogP contribution in [0, 0.1) is 0 Å². The van der Waals surface area contributed by atoms with Gasteiger partial charge in [-0.15, -0.1) is 0 Å². The lowest BCUT2D eigenvalue weighted by atomic mass is 10.2. The minimum absolute atomic E-state index is 0.122. The number of halogens is 3. The van der Waals surface area contributed by atoms with E-state index in [0.29, 0.717) is 36.1 Å². The molecule has 0 aliphatic carbocycles. The zero-order chi connectivity index (χ0) is 22.2. The van der Waals surface area contributed by atoms with Gasteiger partial charge >= 0.3 is 0 Å². The summed E-state index contributed by atoms with van der Waals surface area (Å²) < 4.78 is 26.0. The maximum atomic E-state index is 13.0. The highest BCUT2D eigenvalue weighted by Crippen LogP contribution is 2.40. The summed E-state index contributed by atoms with van der Waals surface area (Å²) >= 11 is 19.4. The molecule has 0 fully saturated rings. The van der Waals surface area contributed by atoms with Crippen LogP contribution in [-0.4, -0.2) is 14.3 Å². The van der Waals surface area contributed by atoms with Gasteiger partial charge in [0.05, 0.1) is 21.2 Å². The molecule has 1 amide bonds. The molecule has 1 aliphatic heterocycles. The Kier molecular flexibility index (Phi) is 6.37. The van der Waals surface area contributed by atoms with Crippen molar-refractivity contribution in [3.63, 3.8) is 0 Å². The van der Waals surface area contributed by atoms with Crippen molar-refractivity contribution >= 4 is 74.1 Å². The minimum atomic E-state index is -3.72. The van der Waals surface area contributed by atoms with E-state index in [2.05, 4.69) is 5.32 Å². The van der Waals surface area contributed by atoms with E-state index in [1.165, 1.54) is 17.8 Å². The molecule has 4 nitrogen and oxygen atoms in total. The fraction of sp³-hybridized carbons (Fsp3) is 0.0455. The highest BCUT2D eigenvalue weighted by Gasteiger charge is 2.25. The monoisotopic (exact) mass is 509 g/mol. The van der Waals surface area contributed by atoms with Crippen molar-refractivity contribution in [3.8, 4) is 0 Å². The third-order valence-corrected chi connectivity index (χ3v) is 8.25. The second-order valence-corrected chi connectivity index (χ2v) is 11.1. The molecule has 0 saturated carbocycles. The Bertz CT molecular complexity index is 1300. The Morgan fingerprint density at radius 2 is 1.61 bits per heavy atom. The summed E-state index contributed by atoms with van der Waals surface area (Å²) in [5.41, 5.74) is 1.72. The lowest BCUT2D eigenvalue weighted by Gasteiger charge is -2.19. The van der Waals surface area contributed by atoms with Crippen molar-refractivity contribution in [1.29, 1.82) is 0 Å². The minimum Gasteiger partial charge on any atom is -0.320 e. The van der Waals surface area contributed by atoms with E-state index >= 15 is 0 Å². The molecule has 1 heterocycles. The summed E-state index contributed by atoms with van der Waals surface area (Å²) in [6.45, 7) is 0. The van der Waals surface area contributed by atoms with E-state index in [0.717, 1.165) is 5.56 Å². The third kappa shape index (κ3) is 4.94. The number of hydrogen-bond donors (Lipinski definition) is 1. The van der Waals surface area contributed by atoms with Crippen LogP contribution in [-0.2, 0) is 20.4 Å². The van der Waals surface area contributed by atoms with Crippen LogP contribution in [0.5, 0.6) is 0 Å². The van der Waals surface area contributed by atoms with Gasteiger partial charge in [0, 0.05) is 25.5 Å². The summed E-state index contributed by atoms with van der Waals surface area (Å²) in [7, 11) is -3.72. The molecule has 0 radical (unpaired) electrons. The molecule has 0 unspecified atom stereocenters. The summed E-state index contributed by atoms with van der Waals surface area (Å²) in [6, 6.07) is 16.5. The molecule has 0 saturated heterocycles. The number of thioether (sulfide) groups is 1. The zero-order valence-corrected chi connectivity index (χ0v) is 19.6. The fourth-order valence-corrected chi connectivity index (χ4v) is 6.29. The average Bonchev–Trinajstić information content (AvgIpc) is 2.73. The molecule has 4 rings (SSSR count). The number of nitrogens with one attached hydrogen (secondary N) is 1. The van der Waals surface area contributed by atoms with Gasteiger partial charge in [0.2, 0.25) is 0 Å². The van der Waals surface area contributed by atoms with Crippen molar-refractivity contribution < 1.29 is 13.2 Å². The second-order valence-electron chi connectivity index (χ2n) is 6.73. The lowest BCUT2D eigenvalue weighted by molar-refractivity contribution is -0.112. The predicted molar refractivity (Wildman–Crippen MR) is 128 cm³/mol. The topological polar surface area (TPSA) is 63.2 Å². The number of carbonyl (C=O) groups excluding carboxylic acids is 1. The van der Waals surface area contributed by atoms with Gasteiger partial charge in [-0.05, 0) is 54.1 Å². The SMILES string of the molecule is O=C1Nc2ccc(S(=O)(=O)Cc3c(Cl)cccc3Cl)cc2S/C1=C\c1ccc(Cl)cc1. The van der Waals surface area contributed by atoms with Crippen molar-refractivity contribution in [3.05, 3.63) is 91.8 Å².